The summed E-state index contributed by atoms with van der Waals surface area (Å²) in [7, 11) is 0. The van der Waals surface area contributed by atoms with Crippen LogP contribution in [-0.4, -0.2) is 24.8 Å². The summed E-state index contributed by atoms with van der Waals surface area (Å²) in [4.78, 5) is 4.69. The maximum absolute atomic E-state index is 5.89. The summed E-state index contributed by atoms with van der Waals surface area (Å²) in [5.74, 6) is 0.926. The van der Waals surface area contributed by atoms with Crippen LogP contribution in [0, 0.1) is 0 Å². The Bertz CT molecular complexity index is 696. The molecule has 1 heterocycles. The van der Waals surface area contributed by atoms with Crippen molar-refractivity contribution in [2.24, 2.45) is 0 Å². The predicted octanol–water partition coefficient (Wildman–Crippen LogP) is 8.80. The van der Waals surface area contributed by atoms with Crippen LogP contribution in [0.1, 0.15) is 103 Å². The van der Waals surface area contributed by atoms with Gasteiger partial charge in [-0.05, 0) is 68.0 Å². The van der Waals surface area contributed by atoms with Crippen molar-refractivity contribution in [1.82, 2.24) is 4.98 Å². The predicted molar refractivity (Wildman–Crippen MR) is 141 cm³/mol. The molecule has 0 aliphatic heterocycles. The van der Waals surface area contributed by atoms with Crippen molar-refractivity contribution in [1.29, 1.82) is 0 Å². The van der Waals surface area contributed by atoms with Crippen LogP contribution in [-0.2, 0) is 11.2 Å². The minimum absolute atomic E-state index is 0.740. The molecule has 0 saturated heterocycles. The van der Waals surface area contributed by atoms with E-state index >= 15 is 0 Å². The highest BCUT2D eigenvalue weighted by molar-refractivity contribution is 5.60. The SMILES string of the molecule is CCCCCCCCCc1ccc(-c2ccc(OCCCCOCCCCCC)cc2)nc1. The van der Waals surface area contributed by atoms with E-state index in [0.29, 0.717) is 0 Å². The molecule has 0 radical (unpaired) electrons. The Morgan fingerprint density at radius 1 is 0.606 bits per heavy atom. The number of pyridine rings is 1. The molecule has 2 rings (SSSR count). The van der Waals surface area contributed by atoms with E-state index in [4.69, 9.17) is 14.5 Å². The third kappa shape index (κ3) is 12.8. The smallest absolute Gasteiger partial charge is 0.119 e. The van der Waals surface area contributed by atoms with Gasteiger partial charge in [0, 0.05) is 25.0 Å². The minimum atomic E-state index is 0.740. The van der Waals surface area contributed by atoms with Gasteiger partial charge in [-0.3, -0.25) is 4.98 Å². The fourth-order valence-corrected chi connectivity index (χ4v) is 3.98. The van der Waals surface area contributed by atoms with Gasteiger partial charge in [0.25, 0.3) is 0 Å². The van der Waals surface area contributed by atoms with E-state index in [1.807, 2.05) is 18.3 Å². The fourth-order valence-electron chi connectivity index (χ4n) is 3.98. The van der Waals surface area contributed by atoms with Crippen LogP contribution in [0.3, 0.4) is 0 Å². The Kier molecular flexibility index (Phi) is 15.4. The van der Waals surface area contributed by atoms with Crippen LogP contribution in [0.5, 0.6) is 5.75 Å². The van der Waals surface area contributed by atoms with Gasteiger partial charge in [0.1, 0.15) is 5.75 Å². The van der Waals surface area contributed by atoms with Gasteiger partial charge in [0.2, 0.25) is 0 Å². The summed E-state index contributed by atoms with van der Waals surface area (Å²) < 4.78 is 11.6. The molecule has 0 aliphatic carbocycles. The zero-order valence-electron chi connectivity index (χ0n) is 21.3. The average Bonchev–Trinajstić information content (AvgIpc) is 2.85. The Labute approximate surface area is 203 Å². The Balaban J connectivity index is 1.58. The van der Waals surface area contributed by atoms with Gasteiger partial charge in [-0.2, -0.15) is 0 Å². The second-order valence-electron chi connectivity index (χ2n) is 9.18. The Morgan fingerprint density at radius 3 is 1.88 bits per heavy atom. The number of hydrogen-bond donors (Lipinski definition) is 0. The van der Waals surface area contributed by atoms with Crippen molar-refractivity contribution < 1.29 is 9.47 Å². The van der Waals surface area contributed by atoms with Crippen LogP contribution in [0.4, 0.5) is 0 Å². The molecule has 0 unspecified atom stereocenters. The summed E-state index contributed by atoms with van der Waals surface area (Å²) >= 11 is 0. The molecule has 1 aromatic carbocycles. The third-order valence-corrected chi connectivity index (χ3v) is 6.14. The molecule has 1 aromatic heterocycles. The molecule has 184 valence electrons. The van der Waals surface area contributed by atoms with E-state index in [1.165, 1.54) is 76.2 Å². The first kappa shape index (κ1) is 27.4. The molecule has 2 aromatic rings. The van der Waals surface area contributed by atoms with E-state index in [9.17, 15) is 0 Å². The molecule has 3 heteroatoms. The number of aryl methyl sites for hydroxylation is 1. The minimum Gasteiger partial charge on any atom is -0.494 e. The maximum Gasteiger partial charge on any atom is 0.119 e. The summed E-state index contributed by atoms with van der Waals surface area (Å²) in [5, 5.41) is 0. The first-order valence-electron chi connectivity index (χ1n) is 13.6. The van der Waals surface area contributed by atoms with E-state index in [0.717, 1.165) is 56.1 Å². The topological polar surface area (TPSA) is 31.4 Å². The molecular formula is C30H47NO2. The average molecular weight is 454 g/mol. The summed E-state index contributed by atoms with van der Waals surface area (Å²) in [6.45, 7) is 6.99. The van der Waals surface area contributed by atoms with Crippen molar-refractivity contribution >= 4 is 0 Å². The van der Waals surface area contributed by atoms with Crippen LogP contribution < -0.4 is 4.74 Å². The van der Waals surface area contributed by atoms with Crippen molar-refractivity contribution in [2.45, 2.75) is 104 Å². The Hall–Kier alpha value is -1.87. The van der Waals surface area contributed by atoms with E-state index in [1.54, 1.807) is 0 Å². The number of hydrogen-bond acceptors (Lipinski definition) is 3. The van der Waals surface area contributed by atoms with Gasteiger partial charge in [0.05, 0.1) is 12.3 Å². The summed E-state index contributed by atoms with van der Waals surface area (Å²) in [6, 6.07) is 12.7. The number of rotatable bonds is 20. The van der Waals surface area contributed by atoms with Crippen molar-refractivity contribution in [2.75, 3.05) is 19.8 Å². The van der Waals surface area contributed by atoms with Crippen LogP contribution in [0.15, 0.2) is 42.6 Å². The molecular weight excluding hydrogens is 406 g/mol. The van der Waals surface area contributed by atoms with Crippen LogP contribution in [0.25, 0.3) is 11.3 Å². The van der Waals surface area contributed by atoms with Gasteiger partial charge >= 0.3 is 0 Å². The highest BCUT2D eigenvalue weighted by Crippen LogP contribution is 2.21. The zero-order chi connectivity index (χ0) is 23.4. The van der Waals surface area contributed by atoms with Crippen molar-refractivity contribution in [3.8, 4) is 17.0 Å². The van der Waals surface area contributed by atoms with E-state index in [2.05, 4.69) is 38.1 Å². The molecule has 0 amide bonds. The molecule has 0 aliphatic rings. The van der Waals surface area contributed by atoms with Crippen molar-refractivity contribution in [3.05, 3.63) is 48.2 Å². The lowest BCUT2D eigenvalue weighted by atomic mass is 10.0. The monoisotopic (exact) mass is 453 g/mol. The van der Waals surface area contributed by atoms with Crippen molar-refractivity contribution in [3.63, 3.8) is 0 Å². The molecule has 0 bridgehead atoms. The summed E-state index contributed by atoms with van der Waals surface area (Å²) in [5.41, 5.74) is 3.51. The van der Waals surface area contributed by atoms with Gasteiger partial charge in [-0.1, -0.05) is 77.7 Å². The van der Waals surface area contributed by atoms with Crippen LogP contribution >= 0.6 is 0 Å². The first-order valence-corrected chi connectivity index (χ1v) is 13.6. The number of ether oxygens (including phenoxy) is 2. The largest absolute Gasteiger partial charge is 0.494 e. The number of aromatic nitrogens is 1. The normalized spacial score (nSPS) is 11.1. The third-order valence-electron chi connectivity index (χ3n) is 6.14. The number of benzene rings is 1. The number of unbranched alkanes of at least 4 members (excludes halogenated alkanes) is 10. The van der Waals surface area contributed by atoms with Gasteiger partial charge in [-0.15, -0.1) is 0 Å². The standard InChI is InChI=1S/C30H47NO2/c1-3-5-7-9-10-11-12-16-27-17-22-30(31-26-27)28-18-20-29(21-19-28)33-25-15-14-24-32-23-13-8-6-4-2/h17-22,26H,3-16,23-25H2,1-2H3. The molecule has 0 atom stereocenters. The molecule has 0 N–H and O–H groups in total. The van der Waals surface area contributed by atoms with E-state index in [-0.39, 0.29) is 0 Å². The quantitative estimate of drug-likeness (QED) is 0.188. The lowest BCUT2D eigenvalue weighted by molar-refractivity contribution is 0.122. The molecule has 0 spiro atoms. The second-order valence-corrected chi connectivity index (χ2v) is 9.18. The Morgan fingerprint density at radius 2 is 1.21 bits per heavy atom. The van der Waals surface area contributed by atoms with Gasteiger partial charge in [0.15, 0.2) is 0 Å². The number of nitrogens with zero attached hydrogens (tertiary/aromatic N) is 1. The second kappa shape index (κ2) is 18.5. The first-order chi connectivity index (χ1) is 16.3. The molecule has 0 saturated carbocycles. The molecule has 3 nitrogen and oxygen atoms in total. The fraction of sp³-hybridized carbons (Fsp3) is 0.633. The lowest BCUT2D eigenvalue weighted by Gasteiger charge is -2.08. The maximum atomic E-state index is 5.89. The van der Waals surface area contributed by atoms with E-state index < -0.39 is 0 Å². The van der Waals surface area contributed by atoms with Crippen LogP contribution in [0.2, 0.25) is 0 Å². The highest BCUT2D eigenvalue weighted by Gasteiger charge is 2.02. The molecule has 33 heavy (non-hydrogen) atoms. The lowest BCUT2D eigenvalue weighted by Crippen LogP contribution is -2.02. The van der Waals surface area contributed by atoms with Gasteiger partial charge in [-0.25, -0.2) is 0 Å². The zero-order valence-corrected chi connectivity index (χ0v) is 21.3. The highest BCUT2D eigenvalue weighted by atomic mass is 16.5. The van der Waals surface area contributed by atoms with Gasteiger partial charge < -0.3 is 9.47 Å². The molecule has 0 fully saturated rings. The summed E-state index contributed by atoms with van der Waals surface area (Å²) in [6.07, 6.45) is 19.8.